The van der Waals surface area contributed by atoms with Crippen LogP contribution in [0.3, 0.4) is 0 Å². The molecule has 0 radical (unpaired) electrons. The second kappa shape index (κ2) is 5.32. The molecule has 2 N–H and O–H groups in total. The highest BCUT2D eigenvalue weighted by Gasteiger charge is 2.25. The Labute approximate surface area is 135 Å². The molecule has 0 fully saturated rings. The second-order valence-electron chi connectivity index (χ2n) is 5.76. The number of carbonyl (C=O) groups excluding carboxylic acids is 1. The first-order valence-electron chi connectivity index (χ1n) is 7.63. The van der Waals surface area contributed by atoms with Crippen molar-refractivity contribution in [3.05, 3.63) is 83.7 Å². The lowest BCUT2D eigenvalue weighted by atomic mass is 10.1. The molecule has 23 heavy (non-hydrogen) atoms. The van der Waals surface area contributed by atoms with Crippen molar-refractivity contribution < 1.29 is 4.79 Å². The van der Waals surface area contributed by atoms with E-state index in [0.29, 0.717) is 11.3 Å². The molecular weight excluding hydrogens is 286 g/mol. The van der Waals surface area contributed by atoms with Gasteiger partial charge < -0.3 is 10.6 Å². The third kappa shape index (κ3) is 2.38. The molecule has 0 atom stereocenters. The van der Waals surface area contributed by atoms with E-state index in [9.17, 15) is 4.79 Å². The van der Waals surface area contributed by atoms with Crippen LogP contribution in [0.4, 0.5) is 11.4 Å². The molecule has 0 spiro atoms. The van der Waals surface area contributed by atoms with Gasteiger partial charge in [-0.25, -0.2) is 0 Å². The third-order valence-corrected chi connectivity index (χ3v) is 4.23. The van der Waals surface area contributed by atoms with E-state index >= 15 is 0 Å². The van der Waals surface area contributed by atoms with Gasteiger partial charge in [-0.05, 0) is 42.0 Å². The standard InChI is InChI=1S/C19H17N3O/c20-16-9-7-14(8-10-16)19(23)22-13-17-5-3-11-21(17)12-15-4-1-2-6-18(15)22/h1-10,13H,11-12,20H2. The average Bonchev–Trinajstić information content (AvgIpc) is 2.94. The number of fused-ring (bicyclic) bond motifs is 2. The molecule has 0 unspecified atom stereocenters. The molecular formula is C19H17N3O. The van der Waals surface area contributed by atoms with E-state index in [0.717, 1.165) is 30.0 Å². The van der Waals surface area contributed by atoms with Crippen molar-refractivity contribution >= 4 is 17.3 Å². The van der Waals surface area contributed by atoms with Crippen LogP contribution in [0, 0.1) is 0 Å². The average molecular weight is 303 g/mol. The van der Waals surface area contributed by atoms with Gasteiger partial charge in [-0.2, -0.15) is 0 Å². The van der Waals surface area contributed by atoms with Crippen LogP contribution in [-0.2, 0) is 6.54 Å². The van der Waals surface area contributed by atoms with Gasteiger partial charge in [0.1, 0.15) is 0 Å². The predicted molar refractivity (Wildman–Crippen MR) is 91.7 cm³/mol. The zero-order valence-electron chi connectivity index (χ0n) is 12.6. The number of hydrogen-bond donors (Lipinski definition) is 1. The molecule has 1 amide bonds. The zero-order chi connectivity index (χ0) is 15.8. The molecule has 2 heterocycles. The van der Waals surface area contributed by atoms with E-state index in [1.807, 2.05) is 24.4 Å². The highest BCUT2D eigenvalue weighted by molar-refractivity contribution is 6.08. The molecule has 0 bridgehead atoms. The summed E-state index contributed by atoms with van der Waals surface area (Å²) >= 11 is 0. The highest BCUT2D eigenvalue weighted by atomic mass is 16.2. The molecule has 0 aliphatic carbocycles. The molecule has 4 nitrogen and oxygen atoms in total. The van der Waals surface area contributed by atoms with Crippen molar-refractivity contribution in [2.75, 3.05) is 17.2 Å². The zero-order valence-corrected chi connectivity index (χ0v) is 12.6. The fraction of sp³-hybridized carbons (Fsp3) is 0.105. The summed E-state index contributed by atoms with van der Waals surface area (Å²) in [6.07, 6.45) is 6.11. The van der Waals surface area contributed by atoms with Gasteiger partial charge in [-0.3, -0.25) is 9.69 Å². The number of allylic oxidation sites excluding steroid dienone is 1. The Morgan fingerprint density at radius 3 is 2.65 bits per heavy atom. The van der Waals surface area contributed by atoms with Crippen LogP contribution in [-0.4, -0.2) is 17.4 Å². The van der Waals surface area contributed by atoms with Gasteiger partial charge in [0.05, 0.1) is 11.4 Å². The van der Waals surface area contributed by atoms with Crippen molar-refractivity contribution in [1.82, 2.24) is 4.90 Å². The number of nitrogen functional groups attached to an aromatic ring is 1. The first-order valence-corrected chi connectivity index (χ1v) is 7.63. The SMILES string of the molecule is Nc1ccc(C(=O)N2C=C3C=CCN3Cc3ccccc32)cc1. The van der Waals surface area contributed by atoms with Crippen LogP contribution in [0.25, 0.3) is 0 Å². The number of benzene rings is 2. The fourth-order valence-corrected chi connectivity index (χ4v) is 3.01. The molecule has 4 rings (SSSR count). The van der Waals surface area contributed by atoms with Crippen LogP contribution in [0.5, 0.6) is 0 Å². The van der Waals surface area contributed by atoms with Gasteiger partial charge in [-0.1, -0.05) is 24.3 Å². The number of hydrogen-bond acceptors (Lipinski definition) is 3. The Hall–Kier alpha value is -3.01. The molecule has 2 aromatic carbocycles. The summed E-state index contributed by atoms with van der Waals surface area (Å²) in [4.78, 5) is 17.0. The van der Waals surface area contributed by atoms with Gasteiger partial charge >= 0.3 is 0 Å². The van der Waals surface area contributed by atoms with Crippen LogP contribution in [0.15, 0.2) is 72.6 Å². The smallest absolute Gasteiger partial charge is 0.262 e. The summed E-state index contributed by atoms with van der Waals surface area (Å²) in [6, 6.07) is 15.1. The van der Waals surface area contributed by atoms with Crippen LogP contribution >= 0.6 is 0 Å². The maximum atomic E-state index is 13.0. The van der Waals surface area contributed by atoms with E-state index in [2.05, 4.69) is 23.1 Å². The lowest BCUT2D eigenvalue weighted by Gasteiger charge is -2.20. The quantitative estimate of drug-likeness (QED) is 0.823. The summed E-state index contributed by atoms with van der Waals surface area (Å²) < 4.78 is 0. The highest BCUT2D eigenvalue weighted by Crippen LogP contribution is 2.31. The number of amides is 1. The molecule has 0 saturated heterocycles. The lowest BCUT2D eigenvalue weighted by Crippen LogP contribution is -2.26. The Morgan fingerprint density at radius 2 is 1.83 bits per heavy atom. The summed E-state index contributed by atoms with van der Waals surface area (Å²) in [5.74, 6) is -0.0490. The number of nitrogens with two attached hydrogens (primary N) is 1. The van der Waals surface area contributed by atoms with Gasteiger partial charge in [0.15, 0.2) is 0 Å². The maximum Gasteiger partial charge on any atom is 0.262 e. The van der Waals surface area contributed by atoms with E-state index in [4.69, 9.17) is 5.73 Å². The van der Waals surface area contributed by atoms with E-state index in [1.54, 1.807) is 29.2 Å². The summed E-state index contributed by atoms with van der Waals surface area (Å²) in [7, 11) is 0. The minimum absolute atomic E-state index is 0.0490. The molecule has 0 saturated carbocycles. The largest absolute Gasteiger partial charge is 0.399 e. The number of rotatable bonds is 1. The first-order chi connectivity index (χ1) is 11.2. The Kier molecular flexibility index (Phi) is 3.15. The Bertz CT molecular complexity index is 821. The topological polar surface area (TPSA) is 49.6 Å². The van der Waals surface area contributed by atoms with E-state index < -0.39 is 0 Å². The molecule has 2 aliphatic rings. The van der Waals surface area contributed by atoms with Crippen molar-refractivity contribution in [2.24, 2.45) is 0 Å². The van der Waals surface area contributed by atoms with Gasteiger partial charge in [-0.15, -0.1) is 0 Å². The Balaban J connectivity index is 1.81. The molecule has 4 heteroatoms. The third-order valence-electron chi connectivity index (χ3n) is 4.23. The lowest BCUT2D eigenvalue weighted by molar-refractivity contribution is 0.0997. The van der Waals surface area contributed by atoms with Crippen molar-refractivity contribution in [2.45, 2.75) is 6.54 Å². The number of nitrogens with zero attached hydrogens (tertiary/aromatic N) is 2. The normalized spacial score (nSPS) is 15.7. The molecule has 2 aromatic rings. The minimum Gasteiger partial charge on any atom is -0.399 e. The van der Waals surface area contributed by atoms with Gasteiger partial charge in [0.2, 0.25) is 0 Å². The minimum atomic E-state index is -0.0490. The van der Waals surface area contributed by atoms with Crippen LogP contribution in [0.2, 0.25) is 0 Å². The number of para-hydroxylation sites is 1. The fourth-order valence-electron chi connectivity index (χ4n) is 3.01. The van der Waals surface area contributed by atoms with Gasteiger partial charge in [0.25, 0.3) is 5.91 Å². The monoisotopic (exact) mass is 303 g/mol. The van der Waals surface area contributed by atoms with Gasteiger partial charge in [0, 0.05) is 30.5 Å². The molecule has 114 valence electrons. The van der Waals surface area contributed by atoms with E-state index in [-0.39, 0.29) is 5.91 Å². The summed E-state index contributed by atoms with van der Waals surface area (Å²) in [5.41, 5.74) is 10.1. The van der Waals surface area contributed by atoms with Crippen molar-refractivity contribution in [3.8, 4) is 0 Å². The van der Waals surface area contributed by atoms with Crippen LogP contribution in [0.1, 0.15) is 15.9 Å². The number of anilines is 2. The van der Waals surface area contributed by atoms with E-state index in [1.165, 1.54) is 0 Å². The first kappa shape index (κ1) is 13.6. The Morgan fingerprint density at radius 1 is 1.04 bits per heavy atom. The molecule has 2 aliphatic heterocycles. The predicted octanol–water partition coefficient (Wildman–Crippen LogP) is 3.14. The van der Waals surface area contributed by atoms with Crippen molar-refractivity contribution in [3.63, 3.8) is 0 Å². The summed E-state index contributed by atoms with van der Waals surface area (Å²) in [6.45, 7) is 1.69. The van der Waals surface area contributed by atoms with Crippen LogP contribution < -0.4 is 10.6 Å². The second-order valence-corrected chi connectivity index (χ2v) is 5.76. The maximum absolute atomic E-state index is 13.0. The number of carbonyl (C=O) groups is 1. The summed E-state index contributed by atoms with van der Waals surface area (Å²) in [5, 5.41) is 0. The van der Waals surface area contributed by atoms with Crippen molar-refractivity contribution in [1.29, 1.82) is 0 Å². The molecule has 0 aromatic heterocycles.